The van der Waals surface area contributed by atoms with E-state index in [-0.39, 0.29) is 63.4 Å². The molecular weight excluding hydrogens is 660 g/mol. The predicted octanol–water partition coefficient (Wildman–Crippen LogP) is 6.59. The van der Waals surface area contributed by atoms with Crippen molar-refractivity contribution in [3.8, 4) is 35.4 Å². The summed E-state index contributed by atoms with van der Waals surface area (Å²) in [5.74, 6) is -1.03. The Balaban J connectivity index is 1.11. The van der Waals surface area contributed by atoms with Gasteiger partial charge in [-0.05, 0) is 81.6 Å². The van der Waals surface area contributed by atoms with E-state index >= 15 is 8.78 Å². The van der Waals surface area contributed by atoms with Crippen LogP contribution in [-0.2, 0) is 6.42 Å². The van der Waals surface area contributed by atoms with Gasteiger partial charge in [0.05, 0.1) is 23.3 Å². The molecule has 4 fully saturated rings. The number of anilines is 1. The summed E-state index contributed by atoms with van der Waals surface area (Å²) in [7, 11) is 0. The predicted molar refractivity (Wildman–Crippen MR) is 186 cm³/mol. The van der Waals surface area contributed by atoms with Crippen LogP contribution in [0, 0.1) is 34.8 Å². The Hall–Kier alpha value is -4.21. The van der Waals surface area contributed by atoms with E-state index in [1.54, 1.807) is 0 Å². The first-order valence-corrected chi connectivity index (χ1v) is 18.1. The Kier molecular flexibility index (Phi) is 7.47. The number of nitrogens with zero attached hydrogens (tertiary/aromatic N) is 5. The molecule has 0 bridgehead atoms. The molecule has 266 valence electrons. The van der Waals surface area contributed by atoms with Crippen LogP contribution in [0.5, 0.6) is 11.8 Å². The fourth-order valence-corrected chi connectivity index (χ4v) is 8.83. The summed E-state index contributed by atoms with van der Waals surface area (Å²) >= 11 is 0. The summed E-state index contributed by atoms with van der Waals surface area (Å²) in [5, 5.41) is 15.6. The number of aromatic hydroxyl groups is 1. The van der Waals surface area contributed by atoms with Gasteiger partial charge in [0.25, 0.3) is 5.92 Å². The number of terminal acetylenes is 1. The van der Waals surface area contributed by atoms with E-state index in [2.05, 4.69) is 28.0 Å². The first-order chi connectivity index (χ1) is 24.5. The first-order valence-electron chi connectivity index (χ1n) is 18.1. The Morgan fingerprint density at radius 3 is 2.57 bits per heavy atom. The zero-order valence-corrected chi connectivity index (χ0v) is 28.5. The topological polar surface area (TPSA) is 86.6 Å². The third-order valence-corrected chi connectivity index (χ3v) is 12.3. The lowest BCUT2D eigenvalue weighted by Gasteiger charge is -2.40. The third kappa shape index (κ3) is 5.38. The van der Waals surface area contributed by atoms with E-state index < -0.39 is 23.0 Å². The molecular formula is C39H40F4N6O2. The number of hydrogen-bond acceptors (Lipinski definition) is 8. The third-order valence-electron chi connectivity index (χ3n) is 12.3. The van der Waals surface area contributed by atoms with Gasteiger partial charge >= 0.3 is 6.01 Å². The van der Waals surface area contributed by atoms with E-state index in [1.165, 1.54) is 24.3 Å². The number of nitrogens with one attached hydrogen (secondary N) is 1. The van der Waals surface area contributed by atoms with Crippen molar-refractivity contribution in [2.45, 2.75) is 76.3 Å². The maximum atomic E-state index is 17.1. The van der Waals surface area contributed by atoms with Gasteiger partial charge in [0.1, 0.15) is 28.6 Å². The largest absolute Gasteiger partial charge is 0.508 e. The van der Waals surface area contributed by atoms with Gasteiger partial charge in [0.2, 0.25) is 0 Å². The van der Waals surface area contributed by atoms with Gasteiger partial charge in [-0.3, -0.25) is 0 Å². The molecule has 1 spiro atoms. The summed E-state index contributed by atoms with van der Waals surface area (Å²) in [6, 6.07) is 5.93. The number of pyridine rings is 1. The van der Waals surface area contributed by atoms with E-state index in [1.807, 2.05) is 0 Å². The molecule has 2 saturated heterocycles. The summed E-state index contributed by atoms with van der Waals surface area (Å²) in [4.78, 5) is 19.0. The number of hydrogen-bond donors (Lipinski definition) is 2. The van der Waals surface area contributed by atoms with Crippen LogP contribution in [0.1, 0.15) is 63.1 Å². The lowest BCUT2D eigenvalue weighted by atomic mass is 9.92. The minimum absolute atomic E-state index is 0.00972. The van der Waals surface area contributed by atoms with Crippen LogP contribution in [0.2, 0.25) is 0 Å². The number of likely N-dealkylation sites (tertiary alicyclic amines) is 1. The molecule has 0 amide bonds. The number of piperazine rings is 1. The second-order valence-corrected chi connectivity index (χ2v) is 15.5. The van der Waals surface area contributed by atoms with Crippen LogP contribution < -0.4 is 15.0 Å². The molecule has 2 saturated carbocycles. The number of halogens is 4. The number of benzene rings is 2. The standard InChI is InChI=1S/C39H40F4N6O2/c1-3-23-18-49-24(17-44-23)6-8-29-31-34(32(41)33(45-29)27-16-25(50)15-22-5-7-28(40)26(4-2)30(22)27)46-36(47-35(31)49)51-21-37(9-10-37)20-48-13-11-38(12-14-48)19-39(38,42)43/h2,5,7,15-16,23-24,44,50H,3,6,8-14,17-21H2,1H3/t23-,24-/m1/s1. The zero-order chi connectivity index (χ0) is 35.3. The molecule has 2 aromatic carbocycles. The number of aromatic nitrogens is 3. The average molecular weight is 701 g/mol. The molecule has 5 aliphatic rings. The minimum atomic E-state index is -2.52. The molecule has 4 aromatic rings. The van der Waals surface area contributed by atoms with Crippen LogP contribution in [0.15, 0.2) is 24.3 Å². The van der Waals surface area contributed by atoms with Crippen LogP contribution in [0.4, 0.5) is 23.4 Å². The summed E-state index contributed by atoms with van der Waals surface area (Å²) < 4.78 is 66.5. The smallest absolute Gasteiger partial charge is 0.319 e. The van der Waals surface area contributed by atoms with Gasteiger partial charge in [-0.15, -0.1) is 6.42 Å². The fraction of sp³-hybridized carbons (Fsp3) is 0.513. The second-order valence-electron chi connectivity index (χ2n) is 15.5. The second kappa shape index (κ2) is 11.7. The van der Waals surface area contributed by atoms with Crippen molar-refractivity contribution in [1.29, 1.82) is 0 Å². The molecule has 2 N–H and O–H groups in total. The summed E-state index contributed by atoms with van der Waals surface area (Å²) in [6.45, 7) is 5.91. The van der Waals surface area contributed by atoms with Crippen LogP contribution in [0.25, 0.3) is 32.9 Å². The molecule has 2 aromatic heterocycles. The monoisotopic (exact) mass is 700 g/mol. The molecule has 0 unspecified atom stereocenters. The molecule has 0 radical (unpaired) electrons. The van der Waals surface area contributed by atoms with Gasteiger partial charge in [-0.25, -0.2) is 22.5 Å². The quantitative estimate of drug-likeness (QED) is 0.165. The van der Waals surface area contributed by atoms with Gasteiger partial charge < -0.3 is 25.0 Å². The number of fused-ring (bicyclic) bond motifs is 3. The first kappa shape index (κ1) is 32.7. The molecule has 5 heterocycles. The maximum absolute atomic E-state index is 17.1. The Morgan fingerprint density at radius 2 is 1.86 bits per heavy atom. The Bertz CT molecular complexity index is 2120. The van der Waals surface area contributed by atoms with Crippen LogP contribution in [-0.4, -0.2) is 82.3 Å². The number of aryl methyl sites for hydroxylation is 1. The SMILES string of the molecule is C#Cc1c(F)ccc2cc(O)cc(-c3nc4c5c(nc(OCC6(CN7CCC8(CC7)CC8(F)F)CC6)nc5c3F)N3C[C@@H](CC)NC[C@H]3CC4)c12. The highest BCUT2D eigenvalue weighted by molar-refractivity contribution is 6.03. The Labute approximate surface area is 293 Å². The summed E-state index contributed by atoms with van der Waals surface area (Å²) in [5.41, 5.74) is -0.223. The van der Waals surface area contributed by atoms with E-state index in [0.717, 1.165) is 38.8 Å². The van der Waals surface area contributed by atoms with Crippen molar-refractivity contribution in [1.82, 2.24) is 25.2 Å². The fourth-order valence-electron chi connectivity index (χ4n) is 8.83. The Morgan fingerprint density at radius 1 is 1.08 bits per heavy atom. The number of rotatable bonds is 7. The van der Waals surface area contributed by atoms with Crippen molar-refractivity contribution in [2.75, 3.05) is 44.2 Å². The van der Waals surface area contributed by atoms with Crippen molar-refractivity contribution >= 4 is 27.5 Å². The molecule has 9 rings (SSSR count). The molecule has 2 atom stereocenters. The van der Waals surface area contributed by atoms with Crippen LogP contribution in [0.3, 0.4) is 0 Å². The van der Waals surface area contributed by atoms with Gasteiger partial charge in [-0.1, -0.05) is 18.9 Å². The van der Waals surface area contributed by atoms with Gasteiger partial charge in [-0.2, -0.15) is 9.97 Å². The number of phenolic OH excluding ortho intramolecular Hbond substituents is 1. The molecule has 3 aliphatic heterocycles. The molecule has 12 heteroatoms. The number of alkyl halides is 2. The molecule has 2 aliphatic carbocycles. The van der Waals surface area contributed by atoms with Gasteiger partial charge in [0, 0.05) is 59.9 Å². The summed E-state index contributed by atoms with van der Waals surface area (Å²) in [6.07, 6.45) is 10.8. The molecule has 8 nitrogen and oxygen atoms in total. The average Bonchev–Trinajstić information content (AvgIpc) is 4.02. The van der Waals surface area contributed by atoms with Gasteiger partial charge in [0.15, 0.2) is 5.82 Å². The maximum Gasteiger partial charge on any atom is 0.319 e. The van der Waals surface area contributed by atoms with E-state index in [0.29, 0.717) is 67.8 Å². The number of ether oxygens (including phenoxy) is 1. The zero-order valence-electron chi connectivity index (χ0n) is 28.5. The lowest BCUT2D eigenvalue weighted by Crippen LogP contribution is -2.56. The molecule has 51 heavy (non-hydrogen) atoms. The highest BCUT2D eigenvalue weighted by atomic mass is 19.3. The minimum Gasteiger partial charge on any atom is -0.508 e. The van der Waals surface area contributed by atoms with E-state index in [4.69, 9.17) is 26.1 Å². The highest BCUT2D eigenvalue weighted by Gasteiger charge is 2.70. The van der Waals surface area contributed by atoms with Crippen molar-refractivity contribution in [3.63, 3.8) is 0 Å². The van der Waals surface area contributed by atoms with Crippen molar-refractivity contribution < 1.29 is 27.4 Å². The lowest BCUT2D eigenvalue weighted by molar-refractivity contribution is 0.0252. The number of piperidine rings is 1. The van der Waals surface area contributed by atoms with E-state index in [9.17, 15) is 13.9 Å². The van der Waals surface area contributed by atoms with Crippen molar-refractivity contribution in [2.24, 2.45) is 10.8 Å². The number of phenols is 1. The van der Waals surface area contributed by atoms with Crippen molar-refractivity contribution in [3.05, 3.63) is 47.2 Å². The normalized spacial score (nSPS) is 24.3. The van der Waals surface area contributed by atoms with Crippen LogP contribution >= 0.6 is 0 Å². The highest BCUT2D eigenvalue weighted by Crippen LogP contribution is 2.66.